The van der Waals surface area contributed by atoms with Crippen molar-refractivity contribution in [1.29, 1.82) is 0 Å². The van der Waals surface area contributed by atoms with Gasteiger partial charge in [-0.3, -0.25) is 0 Å². The van der Waals surface area contributed by atoms with Crippen LogP contribution in [0.4, 0.5) is 34.1 Å². The van der Waals surface area contributed by atoms with E-state index in [0.29, 0.717) is 0 Å². The number of fused-ring (bicyclic) bond motifs is 12. The second-order valence-electron chi connectivity index (χ2n) is 21.0. The van der Waals surface area contributed by atoms with Crippen molar-refractivity contribution in [3.63, 3.8) is 0 Å². The van der Waals surface area contributed by atoms with Crippen molar-refractivity contribution in [2.45, 2.75) is 20.8 Å². The van der Waals surface area contributed by atoms with Gasteiger partial charge in [-0.2, -0.15) is 0 Å². The van der Waals surface area contributed by atoms with Gasteiger partial charge in [0.1, 0.15) is 0 Å². The average Bonchev–Trinajstić information content (AvgIpc) is 1.44. The first kappa shape index (κ1) is 56.3. The van der Waals surface area contributed by atoms with Gasteiger partial charge in [-0.15, -0.1) is 0 Å². The van der Waals surface area contributed by atoms with Crippen LogP contribution in [0.25, 0.3) is 98.1 Å². The molecule has 0 N–H and O–H groups in total. The third-order valence-corrected chi connectivity index (χ3v) is 16.1. The summed E-state index contributed by atoms with van der Waals surface area (Å²) in [5.41, 5.74) is 14.5. The molecule has 0 saturated carbocycles. The normalized spacial score (nSPS) is 10.9. The van der Waals surface area contributed by atoms with Gasteiger partial charge in [0.2, 0.25) is 0 Å². The minimum atomic E-state index is 1.07. The predicted octanol–water partition coefficient (Wildman–Crippen LogP) is 24.1. The molecule has 0 fully saturated rings. The van der Waals surface area contributed by atoms with Gasteiger partial charge in [0, 0.05) is 66.4 Å². The van der Waals surface area contributed by atoms with Crippen LogP contribution >= 0.6 is 0 Å². The summed E-state index contributed by atoms with van der Waals surface area (Å²) >= 11 is 0. The van der Waals surface area contributed by atoms with Crippen LogP contribution in [0.5, 0.6) is 0 Å². The lowest BCUT2D eigenvalue weighted by Crippen LogP contribution is -2.12. The third kappa shape index (κ3) is 10.6. The number of rotatable bonds is 11. The standard InChI is InChI=1S/C70H46N4.C7H10.C4H6.C2H6/c1-2-22-50(23-3-1)71(51-24-18-26-53(45-51)73-64-36-14-10-28-56(64)57-29-11-15-37-65(57)73)68-43-49-44-69(61-33-7-9-35-63(61)70(49)62-34-8-6-32-60(62)68)72(55-41-40-47-20-4-5-21-48(47)42-55)52-25-19-27-54(46-52)74-66-38-16-12-30-58(66)59-31-13-17-39-67(59)74;1-4-7(5-2)6-3;1-3-4-2;1-2/h1-46H;4-6H,1-2H2,3H3;3-4H,1-2H2;1-2H3. The largest absolute Gasteiger partial charge is 0.310 e. The van der Waals surface area contributed by atoms with Crippen LogP contribution in [0.15, 0.2) is 341 Å². The summed E-state index contributed by atoms with van der Waals surface area (Å²) < 4.78 is 4.82. The molecule has 87 heavy (non-hydrogen) atoms. The molecule has 0 saturated heterocycles. The predicted molar refractivity (Wildman–Crippen MR) is 380 cm³/mol. The third-order valence-electron chi connectivity index (χ3n) is 16.1. The number of nitrogens with zero attached hydrogens (tertiary/aromatic N) is 4. The zero-order valence-electron chi connectivity index (χ0n) is 49.6. The minimum Gasteiger partial charge on any atom is -0.310 e. The zero-order chi connectivity index (χ0) is 59.8. The first-order valence-electron chi connectivity index (χ1n) is 29.8. The highest BCUT2D eigenvalue weighted by molar-refractivity contribution is 6.26. The highest BCUT2D eigenvalue weighted by Crippen LogP contribution is 2.49. The minimum absolute atomic E-state index is 1.07. The lowest BCUT2D eigenvalue weighted by atomic mass is 9.93. The van der Waals surface area contributed by atoms with E-state index >= 15 is 0 Å². The highest BCUT2D eigenvalue weighted by atomic mass is 15.2. The Labute approximate surface area is 510 Å². The monoisotopic (exact) mass is 1120 g/mol. The van der Waals surface area contributed by atoms with Crippen LogP contribution in [-0.4, -0.2) is 9.13 Å². The van der Waals surface area contributed by atoms with Gasteiger partial charge in [0.15, 0.2) is 0 Å². The average molecular weight is 1120 g/mol. The molecule has 0 radical (unpaired) electrons. The molecule has 0 aliphatic heterocycles. The molecule has 2 aromatic heterocycles. The zero-order valence-corrected chi connectivity index (χ0v) is 49.6. The van der Waals surface area contributed by atoms with E-state index < -0.39 is 0 Å². The maximum Gasteiger partial charge on any atom is 0.0546 e. The molecule has 15 rings (SSSR count). The quantitative estimate of drug-likeness (QED) is 0.0948. The summed E-state index contributed by atoms with van der Waals surface area (Å²) in [5.74, 6) is 0. The molecule has 0 bridgehead atoms. The second-order valence-corrected chi connectivity index (χ2v) is 21.0. The van der Waals surface area contributed by atoms with E-state index in [-0.39, 0.29) is 0 Å². The van der Waals surface area contributed by atoms with Crippen LogP contribution in [-0.2, 0) is 0 Å². The Morgan fingerprint density at radius 3 is 1.08 bits per heavy atom. The van der Waals surface area contributed by atoms with E-state index in [2.05, 4.69) is 324 Å². The van der Waals surface area contributed by atoms with Crippen molar-refractivity contribution < 1.29 is 0 Å². The molecule has 0 aliphatic rings. The van der Waals surface area contributed by atoms with Gasteiger partial charge >= 0.3 is 0 Å². The van der Waals surface area contributed by atoms with Crippen molar-refractivity contribution in [1.82, 2.24) is 9.13 Å². The van der Waals surface area contributed by atoms with E-state index in [0.717, 1.165) is 56.5 Å². The smallest absolute Gasteiger partial charge is 0.0546 e. The van der Waals surface area contributed by atoms with Gasteiger partial charge in [-0.05, 0) is 142 Å². The SMILES string of the molecule is C=CC(C=C)=CC.C=CC=C.CC.c1ccc(N(c2cccc(-n3c4ccccc4c4ccccc43)c2)c2cc3cc(N(c4cccc(-n5c6ccccc6c6ccccc65)c4)c4ccc5ccccc5c4)c4ccccc4c3c3ccccc23)cc1. The summed E-state index contributed by atoms with van der Waals surface area (Å²) in [7, 11) is 0. The summed E-state index contributed by atoms with van der Waals surface area (Å²) in [6, 6.07) is 102. The second kappa shape index (κ2) is 25.3. The van der Waals surface area contributed by atoms with Crippen LogP contribution in [0.3, 0.4) is 0 Å². The van der Waals surface area contributed by atoms with E-state index in [1.807, 2.05) is 26.8 Å². The fourth-order valence-corrected chi connectivity index (χ4v) is 12.3. The van der Waals surface area contributed by atoms with Gasteiger partial charge < -0.3 is 18.9 Å². The van der Waals surface area contributed by atoms with E-state index in [1.54, 1.807) is 24.3 Å². The highest BCUT2D eigenvalue weighted by Gasteiger charge is 2.24. The Morgan fingerprint density at radius 2 is 0.667 bits per heavy atom. The molecule has 0 spiro atoms. The fourth-order valence-electron chi connectivity index (χ4n) is 12.3. The van der Waals surface area contributed by atoms with Crippen molar-refractivity contribution in [2.24, 2.45) is 0 Å². The first-order valence-corrected chi connectivity index (χ1v) is 29.8. The van der Waals surface area contributed by atoms with Crippen molar-refractivity contribution in [2.75, 3.05) is 9.80 Å². The molecule has 4 nitrogen and oxygen atoms in total. The van der Waals surface area contributed by atoms with Crippen molar-refractivity contribution >= 4 is 121 Å². The van der Waals surface area contributed by atoms with E-state index in [4.69, 9.17) is 0 Å². The Bertz CT molecular complexity index is 4950. The van der Waals surface area contributed by atoms with Crippen LogP contribution in [0.1, 0.15) is 20.8 Å². The molecule has 15 aromatic rings. The molecule has 0 amide bonds. The summed E-state index contributed by atoms with van der Waals surface area (Å²) in [6.45, 7) is 19.8. The van der Waals surface area contributed by atoms with Crippen LogP contribution < -0.4 is 9.80 Å². The number of hydrogen-bond acceptors (Lipinski definition) is 2. The number of benzene rings is 13. The first-order chi connectivity index (χ1) is 43.0. The summed E-state index contributed by atoms with van der Waals surface area (Å²) in [6.07, 6.45) is 8.78. The topological polar surface area (TPSA) is 16.3 Å². The number of hydrogen-bond donors (Lipinski definition) is 0. The lowest BCUT2D eigenvalue weighted by Gasteiger charge is -2.30. The Balaban J connectivity index is 0.000000520. The van der Waals surface area contributed by atoms with E-state index in [1.165, 1.54) is 81.3 Å². The van der Waals surface area contributed by atoms with Gasteiger partial charge in [0.25, 0.3) is 0 Å². The van der Waals surface area contributed by atoms with Crippen molar-refractivity contribution in [3.8, 4) is 11.4 Å². The van der Waals surface area contributed by atoms with Crippen LogP contribution in [0, 0.1) is 0 Å². The summed E-state index contributed by atoms with van der Waals surface area (Å²) in [5, 5.41) is 14.5. The van der Waals surface area contributed by atoms with Gasteiger partial charge in [-0.25, -0.2) is 0 Å². The van der Waals surface area contributed by atoms with Gasteiger partial charge in [-0.1, -0.05) is 253 Å². The fraction of sp³-hybridized carbons (Fsp3) is 0.0361. The molecule has 2 heterocycles. The van der Waals surface area contributed by atoms with Crippen LogP contribution in [0.2, 0.25) is 0 Å². The maximum absolute atomic E-state index is 3.56. The number of anilines is 6. The molecule has 0 unspecified atom stereocenters. The molecule has 13 aromatic carbocycles. The number of aromatic nitrogens is 2. The molecule has 420 valence electrons. The molecule has 0 aliphatic carbocycles. The van der Waals surface area contributed by atoms with Crippen molar-refractivity contribution in [3.05, 3.63) is 341 Å². The summed E-state index contributed by atoms with van der Waals surface area (Å²) in [4.78, 5) is 4.93. The Kier molecular flexibility index (Phi) is 16.4. The Hall–Kier alpha value is -11.2. The van der Waals surface area contributed by atoms with E-state index in [9.17, 15) is 0 Å². The molecule has 4 heteroatoms. The molecular formula is C83H68N4. The maximum atomic E-state index is 3.56. The lowest BCUT2D eigenvalue weighted by molar-refractivity contribution is 1.17. The molecule has 0 atom stereocenters. The Morgan fingerprint density at radius 1 is 0.310 bits per heavy atom. The van der Waals surface area contributed by atoms with Gasteiger partial charge in [0.05, 0.1) is 33.4 Å². The number of para-hydroxylation sites is 5. The molecular weight excluding hydrogens is 1050 g/mol. The number of allylic oxidation sites excluding steroid dienone is 6.